The van der Waals surface area contributed by atoms with Gasteiger partial charge in [0.2, 0.25) is 0 Å². The molecule has 0 radical (unpaired) electrons. The Morgan fingerprint density at radius 1 is 1.35 bits per heavy atom. The van der Waals surface area contributed by atoms with Crippen LogP contribution >= 0.6 is 0 Å². The van der Waals surface area contributed by atoms with Crippen LogP contribution in [0.4, 0.5) is 0 Å². The molecule has 0 atom stereocenters. The van der Waals surface area contributed by atoms with E-state index in [1.54, 1.807) is 6.26 Å². The summed E-state index contributed by atoms with van der Waals surface area (Å²) in [6, 6.07) is 4.83. The average Bonchev–Trinajstić information content (AvgIpc) is 3.18. The Labute approximate surface area is 121 Å². The lowest BCUT2D eigenvalue weighted by Crippen LogP contribution is -2.47. The maximum absolute atomic E-state index is 5.57. The van der Waals surface area contributed by atoms with Crippen molar-refractivity contribution in [3.63, 3.8) is 0 Å². The fraction of sp³-hybridized carbons (Fsp3) is 0.750. The van der Waals surface area contributed by atoms with E-state index in [0.717, 1.165) is 57.5 Å². The lowest BCUT2D eigenvalue weighted by Gasteiger charge is -2.41. The number of nitrogens with one attached hydrogen (secondary N) is 1. The predicted molar refractivity (Wildman–Crippen MR) is 78.6 cm³/mol. The molecule has 0 amide bonds. The van der Waals surface area contributed by atoms with Gasteiger partial charge in [-0.05, 0) is 50.3 Å². The monoisotopic (exact) mass is 278 g/mol. The summed E-state index contributed by atoms with van der Waals surface area (Å²) in [4.78, 5) is 2.63. The minimum Gasteiger partial charge on any atom is -0.468 e. The van der Waals surface area contributed by atoms with E-state index >= 15 is 0 Å². The van der Waals surface area contributed by atoms with Crippen molar-refractivity contribution in [1.29, 1.82) is 0 Å². The first-order valence-corrected chi connectivity index (χ1v) is 7.80. The molecule has 4 heteroatoms. The molecular formula is C16H26N2O2. The van der Waals surface area contributed by atoms with Gasteiger partial charge in [-0.3, -0.25) is 4.90 Å². The van der Waals surface area contributed by atoms with Crippen molar-refractivity contribution in [3.8, 4) is 0 Å². The van der Waals surface area contributed by atoms with Crippen LogP contribution in [0.2, 0.25) is 0 Å². The number of ether oxygens (including phenoxy) is 1. The zero-order chi connectivity index (χ0) is 13.8. The van der Waals surface area contributed by atoms with Crippen LogP contribution in [0.25, 0.3) is 0 Å². The molecule has 2 fully saturated rings. The fourth-order valence-corrected chi connectivity index (χ4v) is 3.36. The standard InChI is InChI=1S/C16H26N2O2/c1-17-12-16(6-9-19-10-7-16)13-18(14-4-5-14)11-15-3-2-8-20-15/h2-3,8,14,17H,4-7,9-13H2,1H3. The normalized spacial score (nSPS) is 22.3. The van der Waals surface area contributed by atoms with Crippen molar-refractivity contribution >= 4 is 0 Å². The number of furan rings is 1. The molecule has 4 nitrogen and oxygen atoms in total. The molecule has 2 aliphatic rings. The van der Waals surface area contributed by atoms with Gasteiger partial charge in [-0.15, -0.1) is 0 Å². The van der Waals surface area contributed by atoms with E-state index in [0.29, 0.717) is 5.41 Å². The molecule has 0 bridgehead atoms. The van der Waals surface area contributed by atoms with Gasteiger partial charge in [-0.25, -0.2) is 0 Å². The van der Waals surface area contributed by atoms with Crippen LogP contribution < -0.4 is 5.32 Å². The van der Waals surface area contributed by atoms with Crippen molar-refractivity contribution < 1.29 is 9.15 Å². The molecule has 20 heavy (non-hydrogen) atoms. The van der Waals surface area contributed by atoms with E-state index in [4.69, 9.17) is 9.15 Å². The van der Waals surface area contributed by atoms with Crippen molar-refractivity contribution in [1.82, 2.24) is 10.2 Å². The lowest BCUT2D eigenvalue weighted by molar-refractivity contribution is -0.00740. The van der Waals surface area contributed by atoms with Gasteiger partial charge < -0.3 is 14.5 Å². The third-order valence-corrected chi connectivity index (χ3v) is 4.65. The van der Waals surface area contributed by atoms with Gasteiger partial charge >= 0.3 is 0 Å². The molecule has 3 rings (SSSR count). The molecular weight excluding hydrogens is 252 g/mol. The van der Waals surface area contributed by atoms with Gasteiger partial charge in [0, 0.05) is 32.3 Å². The second kappa shape index (κ2) is 6.29. The highest BCUT2D eigenvalue weighted by Crippen LogP contribution is 2.36. The summed E-state index contributed by atoms with van der Waals surface area (Å²) >= 11 is 0. The van der Waals surface area contributed by atoms with Crippen molar-refractivity contribution in [2.75, 3.05) is 33.4 Å². The molecule has 1 saturated heterocycles. The van der Waals surface area contributed by atoms with E-state index in [1.807, 2.05) is 6.07 Å². The molecule has 1 N–H and O–H groups in total. The van der Waals surface area contributed by atoms with Gasteiger partial charge in [-0.1, -0.05) is 0 Å². The predicted octanol–water partition coefficient (Wildman–Crippen LogP) is 2.26. The van der Waals surface area contributed by atoms with Gasteiger partial charge in [0.05, 0.1) is 12.8 Å². The van der Waals surface area contributed by atoms with E-state index < -0.39 is 0 Å². The lowest BCUT2D eigenvalue weighted by atomic mass is 9.79. The summed E-state index contributed by atoms with van der Waals surface area (Å²) in [5.74, 6) is 1.09. The van der Waals surface area contributed by atoms with E-state index in [9.17, 15) is 0 Å². The highest BCUT2D eigenvalue weighted by Gasteiger charge is 2.38. The van der Waals surface area contributed by atoms with Crippen LogP contribution in [-0.2, 0) is 11.3 Å². The minimum absolute atomic E-state index is 0.363. The van der Waals surface area contributed by atoms with E-state index in [-0.39, 0.29) is 0 Å². The van der Waals surface area contributed by atoms with Crippen molar-refractivity contribution in [2.24, 2.45) is 5.41 Å². The maximum atomic E-state index is 5.57. The van der Waals surface area contributed by atoms with Crippen LogP contribution in [0.15, 0.2) is 22.8 Å². The van der Waals surface area contributed by atoms with Gasteiger partial charge in [0.25, 0.3) is 0 Å². The van der Waals surface area contributed by atoms with Gasteiger partial charge in [0.15, 0.2) is 0 Å². The Morgan fingerprint density at radius 3 is 2.75 bits per heavy atom. The molecule has 0 aromatic carbocycles. The number of rotatable bonds is 7. The first kappa shape index (κ1) is 14.1. The number of nitrogens with zero attached hydrogens (tertiary/aromatic N) is 1. The van der Waals surface area contributed by atoms with Gasteiger partial charge in [-0.2, -0.15) is 0 Å². The third-order valence-electron chi connectivity index (χ3n) is 4.65. The molecule has 1 saturated carbocycles. The number of hydrogen-bond acceptors (Lipinski definition) is 4. The zero-order valence-corrected chi connectivity index (χ0v) is 12.4. The Morgan fingerprint density at radius 2 is 2.15 bits per heavy atom. The van der Waals surface area contributed by atoms with Crippen LogP contribution in [-0.4, -0.2) is 44.3 Å². The van der Waals surface area contributed by atoms with E-state index in [2.05, 4.69) is 23.3 Å². The zero-order valence-electron chi connectivity index (χ0n) is 12.4. The first-order chi connectivity index (χ1) is 9.81. The molecule has 0 unspecified atom stereocenters. The smallest absolute Gasteiger partial charge is 0.117 e. The Kier molecular flexibility index (Phi) is 4.44. The first-order valence-electron chi connectivity index (χ1n) is 7.80. The summed E-state index contributed by atoms with van der Waals surface area (Å²) in [5.41, 5.74) is 0.363. The van der Waals surface area contributed by atoms with Crippen molar-refractivity contribution in [2.45, 2.75) is 38.3 Å². The van der Waals surface area contributed by atoms with Gasteiger partial charge in [0.1, 0.15) is 5.76 Å². The third kappa shape index (κ3) is 3.43. The van der Waals surface area contributed by atoms with Crippen LogP contribution in [0.1, 0.15) is 31.4 Å². The second-order valence-electron chi connectivity index (χ2n) is 6.36. The minimum atomic E-state index is 0.363. The Hall–Kier alpha value is -0.840. The molecule has 0 spiro atoms. The summed E-state index contributed by atoms with van der Waals surface area (Å²) in [6.07, 6.45) is 6.78. The average molecular weight is 278 g/mol. The molecule has 1 aliphatic heterocycles. The molecule has 112 valence electrons. The summed E-state index contributed by atoms with van der Waals surface area (Å²) in [6.45, 7) is 4.99. The highest BCUT2D eigenvalue weighted by molar-refractivity contribution is 5.01. The Balaban J connectivity index is 1.67. The highest BCUT2D eigenvalue weighted by atomic mass is 16.5. The summed E-state index contributed by atoms with van der Waals surface area (Å²) in [5, 5.41) is 3.40. The molecule has 1 aliphatic carbocycles. The maximum Gasteiger partial charge on any atom is 0.117 e. The SMILES string of the molecule is CNCC1(CN(Cc2ccco2)C2CC2)CCOCC1. The largest absolute Gasteiger partial charge is 0.468 e. The quantitative estimate of drug-likeness (QED) is 0.830. The Bertz CT molecular complexity index is 389. The topological polar surface area (TPSA) is 37.6 Å². The summed E-state index contributed by atoms with van der Waals surface area (Å²) < 4.78 is 11.1. The van der Waals surface area contributed by atoms with Crippen LogP contribution in [0, 0.1) is 5.41 Å². The second-order valence-corrected chi connectivity index (χ2v) is 6.36. The van der Waals surface area contributed by atoms with Crippen LogP contribution in [0.5, 0.6) is 0 Å². The van der Waals surface area contributed by atoms with E-state index in [1.165, 1.54) is 12.8 Å². The fourth-order valence-electron chi connectivity index (χ4n) is 3.36. The summed E-state index contributed by atoms with van der Waals surface area (Å²) in [7, 11) is 2.06. The number of hydrogen-bond donors (Lipinski definition) is 1. The molecule has 2 heterocycles. The molecule has 1 aromatic rings. The molecule has 1 aromatic heterocycles. The van der Waals surface area contributed by atoms with Crippen molar-refractivity contribution in [3.05, 3.63) is 24.2 Å². The van der Waals surface area contributed by atoms with Crippen LogP contribution in [0.3, 0.4) is 0 Å².